The minimum atomic E-state index is -3.79. The second-order valence-corrected chi connectivity index (χ2v) is 8.06. The summed E-state index contributed by atoms with van der Waals surface area (Å²) in [5, 5.41) is 9.11. The van der Waals surface area contributed by atoms with Gasteiger partial charge in [0.2, 0.25) is 5.09 Å². The molecule has 24 heavy (non-hydrogen) atoms. The van der Waals surface area contributed by atoms with Gasteiger partial charge in [0.05, 0.1) is 0 Å². The van der Waals surface area contributed by atoms with Gasteiger partial charge in [-0.1, -0.05) is 12.8 Å². The molecule has 2 aliphatic rings. The van der Waals surface area contributed by atoms with Gasteiger partial charge in [0.1, 0.15) is 6.04 Å². The molecule has 3 rings (SSSR count). The molecule has 0 unspecified atom stereocenters. The number of furan rings is 1. The van der Waals surface area contributed by atoms with Gasteiger partial charge in [-0.05, 0) is 44.4 Å². The number of hydrogen-bond acceptors (Lipinski definition) is 5. The zero-order valence-electron chi connectivity index (χ0n) is 13.3. The van der Waals surface area contributed by atoms with E-state index in [0.717, 1.165) is 25.7 Å². The Bertz CT molecular complexity index is 756. The Morgan fingerprint density at radius 1 is 1.29 bits per heavy atom. The number of carbonyl (C=O) groups is 2. The number of amides is 1. The van der Waals surface area contributed by atoms with Gasteiger partial charge in [-0.25, -0.2) is 17.9 Å². The maximum absolute atomic E-state index is 12.8. The molecule has 1 aromatic heterocycles. The fourth-order valence-corrected chi connectivity index (χ4v) is 4.43. The molecule has 0 radical (unpaired) electrons. The Morgan fingerprint density at radius 3 is 2.67 bits per heavy atom. The molecule has 0 aromatic carbocycles. The lowest BCUT2D eigenvalue weighted by atomic mass is 9.84. The quantitative estimate of drug-likeness (QED) is 0.833. The predicted octanol–water partition coefficient (Wildman–Crippen LogP) is 1.05. The Kier molecular flexibility index (Phi) is 4.39. The van der Waals surface area contributed by atoms with Crippen molar-refractivity contribution < 1.29 is 27.5 Å². The summed E-state index contributed by atoms with van der Waals surface area (Å²) in [5.41, 5.74) is 0. The first kappa shape index (κ1) is 17.0. The van der Waals surface area contributed by atoms with Crippen molar-refractivity contribution in [2.45, 2.75) is 49.3 Å². The van der Waals surface area contributed by atoms with Crippen molar-refractivity contribution in [3.63, 3.8) is 0 Å². The van der Waals surface area contributed by atoms with Crippen LogP contribution in [0.1, 0.15) is 42.7 Å². The highest BCUT2D eigenvalue weighted by Gasteiger charge is 2.48. The SMILES string of the molecule is CNS(=O)(=O)c1ccc(C(=O)N2[C@H](C(=O)O)C[C@@H]3CCCC[C@@H]32)o1. The molecule has 8 nitrogen and oxygen atoms in total. The summed E-state index contributed by atoms with van der Waals surface area (Å²) in [6.07, 6.45) is 4.11. The molecule has 0 bridgehead atoms. The lowest BCUT2D eigenvalue weighted by molar-refractivity contribution is -0.141. The summed E-state index contributed by atoms with van der Waals surface area (Å²) >= 11 is 0. The highest BCUT2D eigenvalue weighted by atomic mass is 32.2. The predicted molar refractivity (Wildman–Crippen MR) is 82.9 cm³/mol. The average molecular weight is 356 g/mol. The topological polar surface area (TPSA) is 117 Å². The fraction of sp³-hybridized carbons (Fsp3) is 0.600. The number of sulfonamides is 1. The molecule has 2 heterocycles. The molecule has 1 aromatic rings. The molecule has 1 amide bonds. The van der Waals surface area contributed by atoms with Crippen LogP contribution >= 0.6 is 0 Å². The third-order valence-corrected chi connectivity index (χ3v) is 6.22. The third-order valence-electron chi connectivity index (χ3n) is 4.93. The monoisotopic (exact) mass is 356 g/mol. The van der Waals surface area contributed by atoms with Gasteiger partial charge in [0.25, 0.3) is 15.9 Å². The minimum absolute atomic E-state index is 0.123. The van der Waals surface area contributed by atoms with E-state index in [4.69, 9.17) is 4.42 Å². The normalized spacial score (nSPS) is 27.0. The largest absolute Gasteiger partial charge is 0.480 e. The molecule has 1 aliphatic heterocycles. The van der Waals surface area contributed by atoms with Gasteiger partial charge in [0.15, 0.2) is 5.76 Å². The van der Waals surface area contributed by atoms with Crippen molar-refractivity contribution in [1.29, 1.82) is 0 Å². The zero-order chi connectivity index (χ0) is 17.5. The maximum atomic E-state index is 12.8. The number of likely N-dealkylation sites (tertiary alicyclic amines) is 1. The van der Waals surface area contributed by atoms with E-state index in [1.807, 2.05) is 0 Å². The molecule has 1 saturated carbocycles. The Labute approximate surface area is 139 Å². The fourth-order valence-electron chi connectivity index (χ4n) is 3.78. The van der Waals surface area contributed by atoms with Gasteiger partial charge in [-0.3, -0.25) is 4.79 Å². The van der Waals surface area contributed by atoms with E-state index >= 15 is 0 Å². The van der Waals surface area contributed by atoms with Crippen molar-refractivity contribution in [3.8, 4) is 0 Å². The van der Waals surface area contributed by atoms with E-state index in [0.29, 0.717) is 6.42 Å². The van der Waals surface area contributed by atoms with Gasteiger partial charge in [-0.15, -0.1) is 0 Å². The van der Waals surface area contributed by atoms with Crippen LogP contribution < -0.4 is 4.72 Å². The summed E-state index contributed by atoms with van der Waals surface area (Å²) in [6, 6.07) is 1.46. The molecular weight excluding hydrogens is 336 g/mol. The molecule has 9 heteroatoms. The van der Waals surface area contributed by atoms with E-state index < -0.39 is 27.9 Å². The first-order chi connectivity index (χ1) is 11.3. The second-order valence-electron chi connectivity index (χ2n) is 6.24. The summed E-state index contributed by atoms with van der Waals surface area (Å²) in [4.78, 5) is 25.7. The number of rotatable bonds is 4. The molecule has 2 N–H and O–H groups in total. The third kappa shape index (κ3) is 2.82. The van der Waals surface area contributed by atoms with Crippen molar-refractivity contribution in [2.24, 2.45) is 5.92 Å². The van der Waals surface area contributed by atoms with Crippen LogP contribution in [0.4, 0.5) is 0 Å². The summed E-state index contributed by atoms with van der Waals surface area (Å²) in [5.74, 6) is -1.57. The van der Waals surface area contributed by atoms with Crippen molar-refractivity contribution in [3.05, 3.63) is 17.9 Å². The molecule has 1 saturated heterocycles. The van der Waals surface area contributed by atoms with Crippen LogP contribution in [-0.4, -0.2) is 49.4 Å². The molecule has 3 atom stereocenters. The van der Waals surface area contributed by atoms with E-state index in [1.54, 1.807) is 0 Å². The average Bonchev–Trinajstić information content (AvgIpc) is 3.19. The standard InChI is InChI=1S/C15H20N2O6S/c1-16-24(21,22)13-7-6-12(23-13)14(18)17-10-5-3-2-4-9(10)8-11(17)15(19)20/h6-7,9-11,16H,2-5,8H2,1H3,(H,19,20)/t9-,10-,11-/m0/s1. The Morgan fingerprint density at radius 2 is 2.00 bits per heavy atom. The van der Waals surface area contributed by atoms with Crippen molar-refractivity contribution in [2.75, 3.05) is 7.05 Å². The maximum Gasteiger partial charge on any atom is 0.326 e. The number of hydrogen-bond donors (Lipinski definition) is 2. The minimum Gasteiger partial charge on any atom is -0.480 e. The summed E-state index contributed by atoms with van der Waals surface area (Å²) in [6.45, 7) is 0. The molecule has 132 valence electrons. The number of carboxylic acid groups (broad SMARTS) is 1. The van der Waals surface area contributed by atoms with E-state index in [2.05, 4.69) is 4.72 Å². The van der Waals surface area contributed by atoms with Gasteiger partial charge < -0.3 is 14.4 Å². The van der Waals surface area contributed by atoms with E-state index in [-0.39, 0.29) is 22.8 Å². The number of nitrogens with zero attached hydrogens (tertiary/aromatic N) is 1. The van der Waals surface area contributed by atoms with Gasteiger partial charge in [-0.2, -0.15) is 0 Å². The number of carboxylic acids is 1. The van der Waals surface area contributed by atoms with Gasteiger partial charge >= 0.3 is 5.97 Å². The van der Waals surface area contributed by atoms with E-state index in [9.17, 15) is 23.1 Å². The highest BCUT2D eigenvalue weighted by molar-refractivity contribution is 7.89. The number of fused-ring (bicyclic) bond motifs is 1. The number of aliphatic carboxylic acids is 1. The Hall–Kier alpha value is -1.87. The van der Waals surface area contributed by atoms with Crippen molar-refractivity contribution >= 4 is 21.9 Å². The number of nitrogens with one attached hydrogen (secondary N) is 1. The smallest absolute Gasteiger partial charge is 0.326 e. The summed E-state index contributed by atoms with van der Waals surface area (Å²) in [7, 11) is -2.55. The van der Waals surface area contributed by atoms with Crippen LogP contribution in [0.5, 0.6) is 0 Å². The molecule has 2 fully saturated rings. The van der Waals surface area contributed by atoms with E-state index in [1.165, 1.54) is 24.1 Å². The number of carbonyl (C=O) groups excluding carboxylic acids is 1. The zero-order valence-corrected chi connectivity index (χ0v) is 14.1. The van der Waals surface area contributed by atoms with Crippen LogP contribution in [0.3, 0.4) is 0 Å². The van der Waals surface area contributed by atoms with Gasteiger partial charge in [0, 0.05) is 6.04 Å². The summed E-state index contributed by atoms with van der Waals surface area (Å²) < 4.78 is 30.8. The van der Waals surface area contributed by atoms with Crippen LogP contribution in [0.25, 0.3) is 0 Å². The first-order valence-electron chi connectivity index (χ1n) is 7.94. The van der Waals surface area contributed by atoms with Crippen LogP contribution in [-0.2, 0) is 14.8 Å². The lowest BCUT2D eigenvalue weighted by Gasteiger charge is -2.32. The van der Waals surface area contributed by atoms with Crippen LogP contribution in [0, 0.1) is 5.92 Å². The van der Waals surface area contributed by atoms with Crippen LogP contribution in [0.2, 0.25) is 0 Å². The highest BCUT2D eigenvalue weighted by Crippen LogP contribution is 2.40. The second kappa shape index (κ2) is 6.21. The molecular formula is C15H20N2O6S. The lowest BCUT2D eigenvalue weighted by Crippen LogP contribution is -2.46. The van der Waals surface area contributed by atoms with Crippen LogP contribution in [0.15, 0.2) is 21.6 Å². The molecule has 1 aliphatic carbocycles. The first-order valence-corrected chi connectivity index (χ1v) is 9.42. The Balaban J connectivity index is 1.91. The molecule has 0 spiro atoms. The van der Waals surface area contributed by atoms with Crippen molar-refractivity contribution in [1.82, 2.24) is 9.62 Å².